The summed E-state index contributed by atoms with van der Waals surface area (Å²) in [5, 5.41) is 8.83. The van der Waals surface area contributed by atoms with Crippen LogP contribution in [0.2, 0.25) is 0 Å². The predicted octanol–water partition coefficient (Wildman–Crippen LogP) is 2.83. The Labute approximate surface area is 174 Å². The van der Waals surface area contributed by atoms with Gasteiger partial charge in [0.1, 0.15) is 11.6 Å². The molecule has 0 radical (unpaired) electrons. The first-order valence-electron chi connectivity index (χ1n) is 9.87. The van der Waals surface area contributed by atoms with Gasteiger partial charge in [-0.2, -0.15) is 5.10 Å². The molecule has 0 aliphatic carbocycles. The predicted molar refractivity (Wildman–Crippen MR) is 120 cm³/mol. The van der Waals surface area contributed by atoms with Gasteiger partial charge in [-0.15, -0.1) is 0 Å². The molecule has 0 saturated heterocycles. The molecule has 0 aliphatic heterocycles. The molecule has 0 saturated carbocycles. The maximum absolute atomic E-state index is 13.0. The second kappa shape index (κ2) is 7.67. The van der Waals surface area contributed by atoms with Gasteiger partial charge >= 0.3 is 0 Å². The summed E-state index contributed by atoms with van der Waals surface area (Å²) in [5.74, 6) is -0.145. The van der Waals surface area contributed by atoms with Crippen molar-refractivity contribution in [3.63, 3.8) is 0 Å². The summed E-state index contributed by atoms with van der Waals surface area (Å²) < 4.78 is 3.12. The van der Waals surface area contributed by atoms with E-state index >= 15 is 0 Å². The first-order chi connectivity index (χ1) is 14.4. The molecule has 2 aromatic carbocycles. The summed E-state index contributed by atoms with van der Waals surface area (Å²) in [6.45, 7) is 2.24. The molecule has 0 fully saturated rings. The number of aromatic nitrogens is 3. The van der Waals surface area contributed by atoms with Gasteiger partial charge in [0, 0.05) is 44.1 Å². The summed E-state index contributed by atoms with van der Waals surface area (Å²) in [6.07, 6.45) is 1.69. The zero-order chi connectivity index (χ0) is 21.4. The van der Waals surface area contributed by atoms with E-state index in [1.807, 2.05) is 79.0 Å². The number of anilines is 1. The van der Waals surface area contributed by atoms with Crippen LogP contribution in [0.1, 0.15) is 18.5 Å². The fraction of sp³-hybridized carbons (Fsp3) is 0.261. The van der Waals surface area contributed by atoms with E-state index in [0.717, 1.165) is 27.5 Å². The maximum atomic E-state index is 13.0. The van der Waals surface area contributed by atoms with Gasteiger partial charge in [-0.3, -0.25) is 9.59 Å². The number of para-hydroxylation sites is 1. The third kappa shape index (κ3) is 3.32. The van der Waals surface area contributed by atoms with Gasteiger partial charge in [0.15, 0.2) is 0 Å². The number of hydrogen-bond acceptors (Lipinski definition) is 4. The van der Waals surface area contributed by atoms with E-state index < -0.39 is 6.04 Å². The SMILES string of the molecule is CC(C(=O)NCc1ccc(N(C)C)cc1)n1c2ccccc2c2cnn(C)c(=O)c21. The number of fused-ring (bicyclic) bond motifs is 3. The van der Waals surface area contributed by atoms with Crippen molar-refractivity contribution in [2.45, 2.75) is 19.5 Å². The average Bonchev–Trinajstić information content (AvgIpc) is 3.09. The van der Waals surface area contributed by atoms with E-state index in [1.54, 1.807) is 13.2 Å². The lowest BCUT2D eigenvalue weighted by molar-refractivity contribution is -0.123. The van der Waals surface area contributed by atoms with E-state index in [9.17, 15) is 9.59 Å². The number of rotatable bonds is 5. The average molecular weight is 403 g/mol. The number of aryl methyl sites for hydroxylation is 1. The summed E-state index contributed by atoms with van der Waals surface area (Å²) in [6, 6.07) is 15.2. The Kier molecular flexibility index (Phi) is 5.03. The minimum absolute atomic E-state index is 0.145. The second-order valence-electron chi connectivity index (χ2n) is 7.68. The number of carbonyl (C=O) groups is 1. The highest BCUT2D eigenvalue weighted by molar-refractivity contribution is 6.08. The second-order valence-corrected chi connectivity index (χ2v) is 7.68. The summed E-state index contributed by atoms with van der Waals surface area (Å²) in [4.78, 5) is 27.9. The van der Waals surface area contributed by atoms with E-state index in [0.29, 0.717) is 12.1 Å². The fourth-order valence-electron chi connectivity index (χ4n) is 3.76. The molecule has 7 nitrogen and oxygen atoms in total. The van der Waals surface area contributed by atoms with Gasteiger partial charge in [-0.25, -0.2) is 4.68 Å². The van der Waals surface area contributed by atoms with Crippen LogP contribution in [-0.4, -0.2) is 34.4 Å². The summed E-state index contributed by atoms with van der Waals surface area (Å²) in [7, 11) is 5.60. The van der Waals surface area contributed by atoms with E-state index in [4.69, 9.17) is 0 Å². The Hall–Kier alpha value is -3.61. The molecule has 154 valence electrons. The lowest BCUT2D eigenvalue weighted by Gasteiger charge is -2.17. The molecule has 7 heteroatoms. The van der Waals surface area contributed by atoms with Crippen LogP contribution in [0.5, 0.6) is 0 Å². The molecule has 1 atom stereocenters. The van der Waals surface area contributed by atoms with Crippen molar-refractivity contribution in [2.24, 2.45) is 7.05 Å². The summed E-state index contributed by atoms with van der Waals surface area (Å²) in [5.41, 5.74) is 3.24. The van der Waals surface area contributed by atoms with Gasteiger partial charge in [0.05, 0.1) is 11.7 Å². The number of nitrogens with zero attached hydrogens (tertiary/aromatic N) is 4. The standard InChI is InChI=1S/C23H25N5O2/c1-15(22(29)24-13-16-9-11-17(12-10-16)26(2)3)28-20-8-6-5-7-18(20)19-14-25-27(4)23(30)21(19)28/h5-12,14-15H,13H2,1-4H3,(H,24,29). The van der Waals surface area contributed by atoms with Gasteiger partial charge in [-0.1, -0.05) is 30.3 Å². The maximum Gasteiger partial charge on any atom is 0.291 e. The van der Waals surface area contributed by atoms with Crippen LogP contribution in [0.25, 0.3) is 21.8 Å². The first kappa shape index (κ1) is 19.7. The van der Waals surface area contributed by atoms with Crippen molar-refractivity contribution in [1.29, 1.82) is 0 Å². The lowest BCUT2D eigenvalue weighted by Crippen LogP contribution is -2.32. The van der Waals surface area contributed by atoms with Crippen molar-refractivity contribution < 1.29 is 4.79 Å². The third-order valence-electron chi connectivity index (χ3n) is 5.49. The monoisotopic (exact) mass is 403 g/mol. The van der Waals surface area contributed by atoms with E-state index in [2.05, 4.69) is 10.4 Å². The molecule has 1 amide bonds. The molecule has 0 aliphatic rings. The van der Waals surface area contributed by atoms with Crippen molar-refractivity contribution in [3.05, 3.63) is 70.6 Å². The van der Waals surface area contributed by atoms with Crippen LogP contribution in [-0.2, 0) is 18.4 Å². The number of amides is 1. The molecule has 1 unspecified atom stereocenters. The molecule has 4 aromatic rings. The number of benzene rings is 2. The van der Waals surface area contributed by atoms with Crippen LogP contribution in [0, 0.1) is 0 Å². The van der Waals surface area contributed by atoms with Crippen molar-refractivity contribution in [3.8, 4) is 0 Å². The molecule has 4 rings (SSSR count). The van der Waals surface area contributed by atoms with Crippen LogP contribution < -0.4 is 15.8 Å². The number of hydrogen-bond donors (Lipinski definition) is 1. The lowest BCUT2D eigenvalue weighted by atomic mass is 10.2. The Balaban J connectivity index is 1.66. The molecule has 2 aromatic heterocycles. The minimum Gasteiger partial charge on any atom is -0.378 e. The van der Waals surface area contributed by atoms with Crippen LogP contribution >= 0.6 is 0 Å². The van der Waals surface area contributed by atoms with Crippen LogP contribution in [0.3, 0.4) is 0 Å². The zero-order valence-electron chi connectivity index (χ0n) is 17.6. The van der Waals surface area contributed by atoms with E-state index in [-0.39, 0.29) is 11.5 Å². The topological polar surface area (TPSA) is 72.2 Å². The molecule has 1 N–H and O–H groups in total. The molecular weight excluding hydrogens is 378 g/mol. The van der Waals surface area contributed by atoms with Crippen LogP contribution in [0.4, 0.5) is 5.69 Å². The summed E-state index contributed by atoms with van der Waals surface area (Å²) >= 11 is 0. The molecule has 2 heterocycles. The molecule has 0 bridgehead atoms. The fourth-order valence-corrected chi connectivity index (χ4v) is 3.76. The van der Waals surface area contributed by atoms with E-state index in [1.165, 1.54) is 4.68 Å². The van der Waals surface area contributed by atoms with Gasteiger partial charge in [0.25, 0.3) is 5.56 Å². The smallest absolute Gasteiger partial charge is 0.291 e. The Morgan fingerprint density at radius 3 is 2.50 bits per heavy atom. The van der Waals surface area contributed by atoms with Crippen molar-refractivity contribution >= 4 is 33.4 Å². The zero-order valence-corrected chi connectivity index (χ0v) is 17.6. The van der Waals surface area contributed by atoms with Crippen molar-refractivity contribution in [1.82, 2.24) is 19.7 Å². The number of nitrogens with one attached hydrogen (secondary N) is 1. The molecular formula is C23H25N5O2. The van der Waals surface area contributed by atoms with Gasteiger partial charge in [-0.05, 0) is 30.7 Å². The minimum atomic E-state index is -0.552. The van der Waals surface area contributed by atoms with Crippen LogP contribution in [0.15, 0.2) is 59.5 Å². The Bertz CT molecular complexity index is 1280. The largest absolute Gasteiger partial charge is 0.378 e. The Morgan fingerprint density at radius 2 is 1.80 bits per heavy atom. The van der Waals surface area contributed by atoms with Gasteiger partial charge in [0.2, 0.25) is 5.91 Å². The number of carbonyl (C=O) groups excluding carboxylic acids is 1. The third-order valence-corrected chi connectivity index (χ3v) is 5.49. The molecule has 0 spiro atoms. The van der Waals surface area contributed by atoms with Crippen molar-refractivity contribution in [2.75, 3.05) is 19.0 Å². The highest BCUT2D eigenvalue weighted by Crippen LogP contribution is 2.29. The normalized spacial score (nSPS) is 12.3. The quantitative estimate of drug-likeness (QED) is 0.556. The Morgan fingerprint density at radius 1 is 1.10 bits per heavy atom. The first-order valence-corrected chi connectivity index (χ1v) is 9.87. The molecule has 30 heavy (non-hydrogen) atoms. The highest BCUT2D eigenvalue weighted by Gasteiger charge is 2.23. The highest BCUT2D eigenvalue weighted by atomic mass is 16.2. The van der Waals surface area contributed by atoms with Gasteiger partial charge < -0.3 is 14.8 Å².